The van der Waals surface area contributed by atoms with Gasteiger partial charge in [0, 0.05) is 11.4 Å². The van der Waals surface area contributed by atoms with Crippen molar-refractivity contribution in [3.63, 3.8) is 0 Å². The SMILES string of the molecule is C[C@@H](NC(=O)COC(=O)c1n[nH]c2ccccc12)C1CC1. The highest BCUT2D eigenvalue weighted by Crippen LogP contribution is 2.32. The molecule has 110 valence electrons. The summed E-state index contributed by atoms with van der Waals surface area (Å²) >= 11 is 0. The fourth-order valence-corrected chi connectivity index (χ4v) is 2.33. The predicted octanol–water partition coefficient (Wildman–Crippen LogP) is 1.63. The summed E-state index contributed by atoms with van der Waals surface area (Å²) in [5.41, 5.74) is 0.963. The van der Waals surface area contributed by atoms with Crippen molar-refractivity contribution in [3.8, 4) is 0 Å². The highest BCUT2D eigenvalue weighted by atomic mass is 16.5. The van der Waals surface area contributed by atoms with Gasteiger partial charge in [0.1, 0.15) is 0 Å². The molecule has 1 aromatic heterocycles. The summed E-state index contributed by atoms with van der Waals surface area (Å²) in [6.45, 7) is 1.69. The summed E-state index contributed by atoms with van der Waals surface area (Å²) in [5, 5.41) is 10.2. The zero-order valence-corrected chi connectivity index (χ0v) is 11.8. The van der Waals surface area contributed by atoms with Crippen LogP contribution in [0.2, 0.25) is 0 Å². The molecule has 0 radical (unpaired) electrons. The van der Waals surface area contributed by atoms with Gasteiger partial charge in [0.25, 0.3) is 5.91 Å². The molecule has 1 atom stereocenters. The lowest BCUT2D eigenvalue weighted by atomic mass is 10.2. The second-order valence-electron chi connectivity index (χ2n) is 5.39. The Morgan fingerprint density at radius 3 is 2.95 bits per heavy atom. The molecular weight excluding hydrogens is 270 g/mol. The number of hydrogen-bond donors (Lipinski definition) is 2. The molecule has 21 heavy (non-hydrogen) atoms. The van der Waals surface area contributed by atoms with Gasteiger partial charge in [0.05, 0.1) is 5.52 Å². The first-order chi connectivity index (χ1) is 10.1. The molecule has 0 spiro atoms. The minimum atomic E-state index is -0.596. The summed E-state index contributed by atoms with van der Waals surface area (Å²) in [6, 6.07) is 7.41. The number of H-pyrrole nitrogens is 1. The number of nitrogens with zero attached hydrogens (tertiary/aromatic N) is 1. The summed E-state index contributed by atoms with van der Waals surface area (Å²) in [4.78, 5) is 23.7. The van der Waals surface area contributed by atoms with E-state index >= 15 is 0 Å². The molecule has 1 saturated carbocycles. The fraction of sp³-hybridized carbons (Fsp3) is 0.400. The van der Waals surface area contributed by atoms with E-state index in [-0.39, 0.29) is 24.2 Å². The van der Waals surface area contributed by atoms with Crippen LogP contribution in [0.3, 0.4) is 0 Å². The molecule has 6 heteroatoms. The number of fused-ring (bicyclic) bond motifs is 1. The van der Waals surface area contributed by atoms with Crippen LogP contribution >= 0.6 is 0 Å². The van der Waals surface area contributed by atoms with E-state index in [4.69, 9.17) is 4.74 Å². The van der Waals surface area contributed by atoms with Crippen LogP contribution in [0.1, 0.15) is 30.3 Å². The number of carbonyl (C=O) groups is 2. The van der Waals surface area contributed by atoms with Crippen LogP contribution in [0.4, 0.5) is 0 Å². The minimum Gasteiger partial charge on any atom is -0.451 e. The number of para-hydroxylation sites is 1. The van der Waals surface area contributed by atoms with Gasteiger partial charge in [0.15, 0.2) is 12.3 Å². The maximum atomic E-state index is 12.0. The molecule has 6 nitrogen and oxygen atoms in total. The second kappa shape index (κ2) is 5.55. The number of esters is 1. The number of carbonyl (C=O) groups excluding carboxylic acids is 2. The van der Waals surface area contributed by atoms with Gasteiger partial charge in [-0.15, -0.1) is 0 Å². The van der Waals surface area contributed by atoms with Gasteiger partial charge >= 0.3 is 5.97 Å². The molecule has 1 aromatic carbocycles. The third-order valence-corrected chi connectivity index (χ3v) is 3.72. The Kier molecular flexibility index (Phi) is 3.60. The average molecular weight is 287 g/mol. The molecule has 1 aliphatic carbocycles. The van der Waals surface area contributed by atoms with Crippen molar-refractivity contribution in [2.75, 3.05) is 6.61 Å². The standard InChI is InChI=1S/C15H17N3O3/c1-9(10-6-7-10)16-13(19)8-21-15(20)14-11-4-2-3-5-12(11)17-18-14/h2-5,9-10H,6-8H2,1H3,(H,16,19)(H,17,18)/t9-/m1/s1. The van der Waals surface area contributed by atoms with Gasteiger partial charge in [-0.25, -0.2) is 4.79 Å². The molecule has 1 amide bonds. The van der Waals surface area contributed by atoms with Crippen molar-refractivity contribution < 1.29 is 14.3 Å². The van der Waals surface area contributed by atoms with Crippen LogP contribution in [0.25, 0.3) is 10.9 Å². The van der Waals surface area contributed by atoms with Gasteiger partial charge < -0.3 is 10.1 Å². The topological polar surface area (TPSA) is 84.1 Å². The van der Waals surface area contributed by atoms with E-state index in [2.05, 4.69) is 15.5 Å². The van der Waals surface area contributed by atoms with Crippen LogP contribution < -0.4 is 5.32 Å². The molecule has 1 aliphatic rings. The van der Waals surface area contributed by atoms with Crippen molar-refractivity contribution in [1.82, 2.24) is 15.5 Å². The fourth-order valence-electron chi connectivity index (χ4n) is 2.33. The number of ether oxygens (including phenoxy) is 1. The smallest absolute Gasteiger partial charge is 0.359 e. The molecule has 0 aliphatic heterocycles. The summed E-state index contributed by atoms with van der Waals surface area (Å²) in [6.07, 6.45) is 2.31. The van der Waals surface area contributed by atoms with Crippen LogP contribution in [-0.2, 0) is 9.53 Å². The van der Waals surface area contributed by atoms with Crippen LogP contribution in [0.5, 0.6) is 0 Å². The first-order valence-electron chi connectivity index (χ1n) is 7.05. The van der Waals surface area contributed by atoms with Crippen LogP contribution in [-0.4, -0.2) is 34.7 Å². The highest BCUT2D eigenvalue weighted by molar-refractivity contribution is 6.02. The zero-order valence-electron chi connectivity index (χ0n) is 11.8. The number of hydrogen-bond acceptors (Lipinski definition) is 4. The summed E-state index contributed by atoms with van der Waals surface area (Å²) < 4.78 is 5.02. The number of aromatic amines is 1. The Bertz CT molecular complexity index is 676. The van der Waals surface area contributed by atoms with Gasteiger partial charge in [0.2, 0.25) is 0 Å². The van der Waals surface area contributed by atoms with Crippen molar-refractivity contribution in [1.29, 1.82) is 0 Å². The largest absolute Gasteiger partial charge is 0.451 e. The Balaban J connectivity index is 1.57. The van der Waals surface area contributed by atoms with Crippen molar-refractivity contribution >= 4 is 22.8 Å². The van der Waals surface area contributed by atoms with E-state index in [1.165, 1.54) is 0 Å². The van der Waals surface area contributed by atoms with Crippen molar-refractivity contribution in [2.45, 2.75) is 25.8 Å². The molecule has 0 unspecified atom stereocenters. The summed E-state index contributed by atoms with van der Waals surface area (Å²) in [7, 11) is 0. The van der Waals surface area contributed by atoms with Crippen molar-refractivity contribution in [3.05, 3.63) is 30.0 Å². The van der Waals surface area contributed by atoms with Crippen molar-refractivity contribution in [2.24, 2.45) is 5.92 Å². The van der Waals surface area contributed by atoms with Crippen LogP contribution in [0.15, 0.2) is 24.3 Å². The lowest BCUT2D eigenvalue weighted by Gasteiger charge is -2.12. The van der Waals surface area contributed by atoms with E-state index in [1.54, 1.807) is 6.07 Å². The molecule has 0 saturated heterocycles. The van der Waals surface area contributed by atoms with E-state index in [0.29, 0.717) is 11.3 Å². The van der Waals surface area contributed by atoms with E-state index in [1.807, 2.05) is 25.1 Å². The van der Waals surface area contributed by atoms with E-state index in [9.17, 15) is 9.59 Å². The van der Waals surface area contributed by atoms with Gasteiger partial charge in [-0.1, -0.05) is 18.2 Å². The number of benzene rings is 1. The van der Waals surface area contributed by atoms with Gasteiger partial charge in [-0.2, -0.15) is 5.10 Å². The molecular formula is C15H17N3O3. The zero-order chi connectivity index (χ0) is 14.8. The number of aromatic nitrogens is 2. The second-order valence-corrected chi connectivity index (χ2v) is 5.39. The average Bonchev–Trinajstić information content (AvgIpc) is 3.24. The Morgan fingerprint density at radius 2 is 2.19 bits per heavy atom. The van der Waals surface area contributed by atoms with Crippen LogP contribution in [0, 0.1) is 5.92 Å². The Morgan fingerprint density at radius 1 is 1.43 bits per heavy atom. The molecule has 3 rings (SSSR count). The normalized spacial score (nSPS) is 15.7. The maximum Gasteiger partial charge on any atom is 0.359 e. The predicted molar refractivity (Wildman–Crippen MR) is 76.7 cm³/mol. The Labute approximate surface area is 121 Å². The molecule has 1 fully saturated rings. The Hall–Kier alpha value is -2.37. The minimum absolute atomic E-state index is 0.141. The lowest BCUT2D eigenvalue weighted by Crippen LogP contribution is -2.37. The third kappa shape index (κ3) is 3.04. The van der Waals surface area contributed by atoms with Gasteiger partial charge in [-0.3, -0.25) is 9.89 Å². The number of amides is 1. The summed E-state index contributed by atoms with van der Waals surface area (Å²) in [5.74, 6) is -0.302. The van der Waals surface area contributed by atoms with E-state index in [0.717, 1.165) is 18.4 Å². The molecule has 2 aromatic rings. The highest BCUT2D eigenvalue weighted by Gasteiger charge is 2.29. The quantitative estimate of drug-likeness (QED) is 0.819. The molecule has 2 N–H and O–H groups in total. The number of nitrogens with one attached hydrogen (secondary N) is 2. The van der Waals surface area contributed by atoms with E-state index < -0.39 is 5.97 Å². The molecule has 0 bridgehead atoms. The molecule has 1 heterocycles. The first-order valence-corrected chi connectivity index (χ1v) is 7.05. The van der Waals surface area contributed by atoms with Gasteiger partial charge in [-0.05, 0) is 31.7 Å². The first kappa shape index (κ1) is 13.6. The third-order valence-electron chi connectivity index (χ3n) is 3.72. The number of rotatable bonds is 5. The maximum absolute atomic E-state index is 12.0. The lowest BCUT2D eigenvalue weighted by molar-refractivity contribution is -0.125. The monoisotopic (exact) mass is 287 g/mol.